The lowest BCUT2D eigenvalue weighted by Gasteiger charge is -2.07. The van der Waals surface area contributed by atoms with E-state index < -0.39 is 0 Å². The Morgan fingerprint density at radius 3 is 2.50 bits per heavy atom. The fraction of sp³-hybridized carbons (Fsp3) is 0.333. The van der Waals surface area contributed by atoms with E-state index in [1.165, 1.54) is 4.88 Å². The van der Waals surface area contributed by atoms with Gasteiger partial charge in [-0.3, -0.25) is 0 Å². The summed E-state index contributed by atoms with van der Waals surface area (Å²) in [6.07, 6.45) is 0. The smallest absolute Gasteiger partial charge is 0.169 e. The quantitative estimate of drug-likeness (QED) is 0.867. The molecule has 0 atom stereocenters. The van der Waals surface area contributed by atoms with Crippen molar-refractivity contribution in [1.82, 2.24) is 9.97 Å². The number of rotatable bonds is 2. The van der Waals surface area contributed by atoms with Gasteiger partial charge >= 0.3 is 0 Å². The predicted octanol–water partition coefficient (Wildman–Crippen LogP) is 2.59. The van der Waals surface area contributed by atoms with Crippen LogP contribution in [-0.4, -0.2) is 9.97 Å². The largest absolute Gasteiger partial charge is 0.325 e. The third-order valence-corrected chi connectivity index (χ3v) is 3.64. The molecule has 4 heteroatoms. The molecule has 0 fully saturated rings. The minimum atomic E-state index is 0.465. The van der Waals surface area contributed by atoms with Gasteiger partial charge in [0.2, 0.25) is 0 Å². The van der Waals surface area contributed by atoms with Crippen LogP contribution in [0.15, 0.2) is 12.1 Å². The van der Waals surface area contributed by atoms with Crippen LogP contribution >= 0.6 is 11.3 Å². The summed E-state index contributed by atoms with van der Waals surface area (Å²) in [6, 6.07) is 4.14. The number of nitrogens with zero attached hydrogens (tertiary/aromatic N) is 2. The van der Waals surface area contributed by atoms with Crippen molar-refractivity contribution in [3.05, 3.63) is 34.0 Å². The molecular weight excluding hydrogens is 218 g/mol. The maximum absolute atomic E-state index is 5.68. The van der Waals surface area contributed by atoms with E-state index in [2.05, 4.69) is 29.0 Å². The molecule has 2 N–H and O–H groups in total. The van der Waals surface area contributed by atoms with E-state index in [1.807, 2.05) is 13.8 Å². The average molecular weight is 233 g/mol. The second-order valence-corrected chi connectivity index (χ2v) is 5.11. The van der Waals surface area contributed by atoms with Crippen LogP contribution in [0.4, 0.5) is 0 Å². The van der Waals surface area contributed by atoms with E-state index in [4.69, 9.17) is 5.73 Å². The Morgan fingerprint density at radius 1 is 1.19 bits per heavy atom. The van der Waals surface area contributed by atoms with Crippen LogP contribution in [0.25, 0.3) is 10.7 Å². The molecule has 0 unspecified atom stereocenters. The Labute approximate surface area is 99.4 Å². The van der Waals surface area contributed by atoms with Crippen LogP contribution in [0, 0.1) is 20.8 Å². The van der Waals surface area contributed by atoms with E-state index in [0.717, 1.165) is 27.7 Å². The maximum Gasteiger partial charge on any atom is 0.169 e. The van der Waals surface area contributed by atoms with Crippen molar-refractivity contribution in [2.24, 2.45) is 5.73 Å². The molecule has 84 valence electrons. The zero-order valence-electron chi connectivity index (χ0n) is 9.74. The molecule has 0 saturated heterocycles. The fourth-order valence-electron chi connectivity index (χ4n) is 1.55. The predicted molar refractivity (Wildman–Crippen MR) is 67.4 cm³/mol. The molecule has 0 amide bonds. The number of thiophene rings is 1. The molecule has 0 aliphatic carbocycles. The van der Waals surface area contributed by atoms with E-state index >= 15 is 0 Å². The molecule has 0 saturated carbocycles. The van der Waals surface area contributed by atoms with E-state index in [1.54, 1.807) is 11.3 Å². The highest BCUT2D eigenvalue weighted by Crippen LogP contribution is 2.25. The first-order chi connectivity index (χ1) is 7.61. The van der Waals surface area contributed by atoms with Crippen molar-refractivity contribution in [1.29, 1.82) is 0 Å². The van der Waals surface area contributed by atoms with Gasteiger partial charge in [-0.1, -0.05) is 0 Å². The van der Waals surface area contributed by atoms with Gasteiger partial charge in [-0.15, -0.1) is 11.3 Å². The zero-order valence-corrected chi connectivity index (χ0v) is 10.6. The van der Waals surface area contributed by atoms with Crippen LogP contribution < -0.4 is 5.73 Å². The number of aryl methyl sites for hydroxylation is 2. The van der Waals surface area contributed by atoms with Gasteiger partial charge in [0.1, 0.15) is 0 Å². The van der Waals surface area contributed by atoms with Crippen LogP contribution in [0.2, 0.25) is 0 Å². The summed E-state index contributed by atoms with van der Waals surface area (Å²) in [4.78, 5) is 11.4. The minimum Gasteiger partial charge on any atom is -0.325 e. The second kappa shape index (κ2) is 4.31. The number of nitrogens with two attached hydrogens (primary N) is 1. The van der Waals surface area contributed by atoms with Gasteiger partial charge in [0, 0.05) is 17.1 Å². The Morgan fingerprint density at radius 2 is 1.94 bits per heavy atom. The molecule has 0 bridgehead atoms. The topological polar surface area (TPSA) is 51.8 Å². The lowest BCUT2D eigenvalue weighted by molar-refractivity contribution is 0.927. The molecular formula is C12H15N3S. The molecule has 2 aromatic heterocycles. The van der Waals surface area contributed by atoms with Gasteiger partial charge < -0.3 is 5.73 Å². The van der Waals surface area contributed by atoms with Crippen molar-refractivity contribution < 1.29 is 0 Å². The summed E-state index contributed by atoms with van der Waals surface area (Å²) in [5.74, 6) is 0.793. The van der Waals surface area contributed by atoms with Crippen LogP contribution in [0.5, 0.6) is 0 Å². The van der Waals surface area contributed by atoms with Crippen LogP contribution in [0.3, 0.4) is 0 Å². The summed E-state index contributed by atoms with van der Waals surface area (Å²) in [5.41, 5.74) is 8.73. The van der Waals surface area contributed by atoms with Crippen molar-refractivity contribution in [3.8, 4) is 10.7 Å². The molecule has 0 spiro atoms. The Bertz CT molecular complexity index is 517. The summed E-state index contributed by atoms with van der Waals surface area (Å²) >= 11 is 1.71. The standard InChI is InChI=1S/C12H15N3S/c1-7-4-5-11(16-7)12-14-9(3)8(2)10(6-13)15-12/h4-5H,6,13H2,1-3H3. The molecule has 3 nitrogen and oxygen atoms in total. The molecule has 0 aliphatic rings. The summed E-state index contributed by atoms with van der Waals surface area (Å²) in [5, 5.41) is 0. The SMILES string of the molecule is Cc1ccc(-c2nc(C)c(C)c(CN)n2)s1. The second-order valence-electron chi connectivity index (χ2n) is 3.82. The number of hydrogen-bond donors (Lipinski definition) is 1. The number of hydrogen-bond acceptors (Lipinski definition) is 4. The van der Waals surface area contributed by atoms with E-state index in [9.17, 15) is 0 Å². The molecule has 2 heterocycles. The van der Waals surface area contributed by atoms with Crippen LogP contribution in [0.1, 0.15) is 21.8 Å². The van der Waals surface area contributed by atoms with Crippen molar-refractivity contribution in [2.45, 2.75) is 27.3 Å². The Hall–Kier alpha value is -1.26. The molecule has 0 radical (unpaired) electrons. The third-order valence-electron chi connectivity index (χ3n) is 2.64. The normalized spacial score (nSPS) is 10.8. The average Bonchev–Trinajstić information content (AvgIpc) is 2.69. The van der Waals surface area contributed by atoms with Gasteiger partial charge in [-0.25, -0.2) is 9.97 Å². The summed E-state index contributed by atoms with van der Waals surface area (Å²) < 4.78 is 0. The molecule has 2 rings (SSSR count). The fourth-order valence-corrected chi connectivity index (χ4v) is 2.35. The first-order valence-corrected chi connectivity index (χ1v) is 6.04. The van der Waals surface area contributed by atoms with Gasteiger partial charge in [-0.05, 0) is 38.5 Å². The van der Waals surface area contributed by atoms with Crippen molar-refractivity contribution in [2.75, 3.05) is 0 Å². The summed E-state index contributed by atoms with van der Waals surface area (Å²) in [7, 11) is 0. The lowest BCUT2D eigenvalue weighted by Crippen LogP contribution is -2.06. The number of aromatic nitrogens is 2. The van der Waals surface area contributed by atoms with Crippen molar-refractivity contribution in [3.63, 3.8) is 0 Å². The molecule has 2 aromatic rings. The zero-order chi connectivity index (χ0) is 11.7. The molecule has 16 heavy (non-hydrogen) atoms. The Kier molecular flexibility index (Phi) is 3.03. The maximum atomic E-state index is 5.68. The third kappa shape index (κ3) is 1.99. The monoisotopic (exact) mass is 233 g/mol. The van der Waals surface area contributed by atoms with Crippen LogP contribution in [-0.2, 0) is 6.54 Å². The lowest BCUT2D eigenvalue weighted by atomic mass is 10.2. The highest BCUT2D eigenvalue weighted by molar-refractivity contribution is 7.15. The first kappa shape index (κ1) is 11.2. The van der Waals surface area contributed by atoms with Gasteiger partial charge in [0.05, 0.1) is 10.6 Å². The Balaban J connectivity index is 2.54. The minimum absolute atomic E-state index is 0.465. The highest BCUT2D eigenvalue weighted by Gasteiger charge is 2.09. The van der Waals surface area contributed by atoms with E-state index in [0.29, 0.717) is 6.54 Å². The molecule has 0 aromatic carbocycles. The van der Waals surface area contributed by atoms with Gasteiger partial charge in [-0.2, -0.15) is 0 Å². The van der Waals surface area contributed by atoms with Gasteiger partial charge in [0.25, 0.3) is 0 Å². The summed E-state index contributed by atoms with van der Waals surface area (Å²) in [6.45, 7) is 6.56. The van der Waals surface area contributed by atoms with Gasteiger partial charge in [0.15, 0.2) is 5.82 Å². The first-order valence-electron chi connectivity index (χ1n) is 5.23. The highest BCUT2D eigenvalue weighted by atomic mass is 32.1. The van der Waals surface area contributed by atoms with Crippen molar-refractivity contribution >= 4 is 11.3 Å². The molecule has 0 aliphatic heterocycles. The van der Waals surface area contributed by atoms with E-state index in [-0.39, 0.29) is 0 Å².